The average Bonchev–Trinajstić information content (AvgIpc) is 2.95. The van der Waals surface area contributed by atoms with E-state index in [1.54, 1.807) is 0 Å². The summed E-state index contributed by atoms with van der Waals surface area (Å²) >= 11 is 11.4. The smallest absolute Gasteiger partial charge is 0.245 e. The first-order valence-electron chi connectivity index (χ1n) is 4.55. The molecule has 14 heavy (non-hydrogen) atoms. The van der Waals surface area contributed by atoms with E-state index < -0.39 is 0 Å². The molecule has 0 atom stereocenters. The van der Waals surface area contributed by atoms with Crippen LogP contribution in [0, 0.1) is 5.92 Å². The van der Waals surface area contributed by atoms with Crippen LogP contribution in [0.1, 0.15) is 19.3 Å². The fraction of sp³-hybridized carbons (Fsp3) is 0.625. The molecular formula is C8H10Cl2N4. The van der Waals surface area contributed by atoms with Crippen molar-refractivity contribution in [3.8, 4) is 0 Å². The predicted octanol–water partition coefficient (Wildman–Crippen LogP) is 2.39. The van der Waals surface area contributed by atoms with E-state index in [0.717, 1.165) is 18.9 Å². The summed E-state index contributed by atoms with van der Waals surface area (Å²) in [6, 6.07) is 0. The summed E-state index contributed by atoms with van der Waals surface area (Å²) in [4.78, 5) is 3.94. The van der Waals surface area contributed by atoms with Crippen LogP contribution in [0.3, 0.4) is 0 Å². The largest absolute Gasteiger partial charge is 0.367 e. The highest BCUT2D eigenvalue weighted by molar-refractivity contribution is 6.32. The number of hydrogen-bond donors (Lipinski definition) is 1. The molecule has 0 spiro atoms. The van der Waals surface area contributed by atoms with Crippen molar-refractivity contribution >= 4 is 29.0 Å². The molecular weight excluding hydrogens is 223 g/mol. The van der Waals surface area contributed by atoms with Crippen molar-refractivity contribution in [2.45, 2.75) is 19.3 Å². The minimum Gasteiger partial charge on any atom is -0.367 e. The van der Waals surface area contributed by atoms with Crippen molar-refractivity contribution in [2.24, 2.45) is 5.92 Å². The van der Waals surface area contributed by atoms with E-state index >= 15 is 0 Å². The van der Waals surface area contributed by atoms with E-state index in [9.17, 15) is 0 Å². The molecule has 0 saturated heterocycles. The van der Waals surface area contributed by atoms with Gasteiger partial charge in [-0.2, -0.15) is 4.98 Å². The molecule has 4 nitrogen and oxygen atoms in total. The van der Waals surface area contributed by atoms with Gasteiger partial charge in [-0.1, -0.05) is 24.4 Å². The molecule has 1 aromatic rings. The van der Waals surface area contributed by atoms with Crippen LogP contribution < -0.4 is 5.32 Å². The van der Waals surface area contributed by atoms with E-state index in [2.05, 4.69) is 20.5 Å². The van der Waals surface area contributed by atoms with Crippen molar-refractivity contribution in [1.82, 2.24) is 15.2 Å². The van der Waals surface area contributed by atoms with Crippen LogP contribution in [-0.2, 0) is 0 Å². The van der Waals surface area contributed by atoms with Crippen LogP contribution in [0.15, 0.2) is 0 Å². The van der Waals surface area contributed by atoms with Gasteiger partial charge in [-0.05, 0) is 23.9 Å². The highest BCUT2D eigenvalue weighted by atomic mass is 35.5. The van der Waals surface area contributed by atoms with E-state index in [1.165, 1.54) is 12.8 Å². The van der Waals surface area contributed by atoms with Crippen LogP contribution in [0.5, 0.6) is 0 Å². The van der Waals surface area contributed by atoms with Crippen molar-refractivity contribution in [2.75, 3.05) is 11.9 Å². The van der Waals surface area contributed by atoms with Crippen LogP contribution in [-0.4, -0.2) is 21.7 Å². The highest BCUT2D eigenvalue weighted by Crippen LogP contribution is 2.32. The Morgan fingerprint density at radius 3 is 2.79 bits per heavy atom. The van der Waals surface area contributed by atoms with Gasteiger partial charge in [0.2, 0.25) is 5.28 Å². The zero-order valence-electron chi connectivity index (χ0n) is 7.50. The quantitative estimate of drug-likeness (QED) is 0.867. The fourth-order valence-electron chi connectivity index (χ4n) is 1.21. The minimum absolute atomic E-state index is 0.114. The topological polar surface area (TPSA) is 50.7 Å². The van der Waals surface area contributed by atoms with Crippen LogP contribution >= 0.6 is 23.2 Å². The summed E-state index contributed by atoms with van der Waals surface area (Å²) in [5, 5.41) is 10.7. The Labute approximate surface area is 92.0 Å². The molecule has 1 saturated carbocycles. The van der Waals surface area contributed by atoms with Gasteiger partial charge in [0.1, 0.15) is 0 Å². The van der Waals surface area contributed by atoms with Crippen LogP contribution in [0.2, 0.25) is 10.4 Å². The van der Waals surface area contributed by atoms with Gasteiger partial charge in [0.25, 0.3) is 0 Å². The maximum Gasteiger partial charge on any atom is 0.245 e. The Balaban J connectivity index is 1.89. The molecule has 0 aliphatic heterocycles. The molecule has 1 fully saturated rings. The number of halogens is 2. The highest BCUT2D eigenvalue weighted by Gasteiger charge is 2.20. The second kappa shape index (κ2) is 4.28. The first-order chi connectivity index (χ1) is 6.75. The number of nitrogens with zero attached hydrogens (tertiary/aromatic N) is 3. The molecule has 6 heteroatoms. The maximum atomic E-state index is 5.77. The molecule has 0 aromatic carbocycles. The maximum absolute atomic E-state index is 5.77. The number of rotatable bonds is 4. The zero-order chi connectivity index (χ0) is 9.97. The molecule has 76 valence electrons. The molecule has 0 unspecified atom stereocenters. The third-order valence-corrected chi connectivity index (χ3v) is 2.58. The third-order valence-electron chi connectivity index (χ3n) is 2.16. The minimum atomic E-state index is 0.114. The molecule has 1 aliphatic carbocycles. The van der Waals surface area contributed by atoms with Gasteiger partial charge < -0.3 is 5.32 Å². The number of hydrogen-bond acceptors (Lipinski definition) is 4. The zero-order valence-corrected chi connectivity index (χ0v) is 9.02. The standard InChI is InChI=1S/C8H10Cl2N4/c9-6-7(12-8(10)14-13-6)11-4-3-5-1-2-5/h5H,1-4H2,(H,11,12,14). The Kier molecular flexibility index (Phi) is 3.03. The molecule has 0 amide bonds. The van der Waals surface area contributed by atoms with Gasteiger partial charge in [0, 0.05) is 6.54 Å². The molecule has 1 aliphatic rings. The number of anilines is 1. The Hall–Kier alpha value is -0.610. The van der Waals surface area contributed by atoms with Gasteiger partial charge in [0.05, 0.1) is 0 Å². The van der Waals surface area contributed by atoms with Crippen LogP contribution in [0.25, 0.3) is 0 Å². The summed E-state index contributed by atoms with van der Waals surface area (Å²) in [6.07, 6.45) is 3.84. The second-order valence-electron chi connectivity index (χ2n) is 3.38. The van der Waals surface area contributed by atoms with Crippen molar-refractivity contribution in [3.05, 3.63) is 10.4 Å². The van der Waals surface area contributed by atoms with Gasteiger partial charge in [-0.15, -0.1) is 10.2 Å². The van der Waals surface area contributed by atoms with Gasteiger partial charge in [-0.25, -0.2) is 0 Å². The molecule has 1 aromatic heterocycles. The third kappa shape index (κ3) is 2.69. The van der Waals surface area contributed by atoms with Crippen LogP contribution in [0.4, 0.5) is 5.82 Å². The monoisotopic (exact) mass is 232 g/mol. The normalized spacial score (nSPS) is 15.6. The number of nitrogens with one attached hydrogen (secondary N) is 1. The van der Waals surface area contributed by atoms with Gasteiger partial charge in [-0.3, -0.25) is 0 Å². The molecule has 2 rings (SSSR count). The molecule has 1 heterocycles. The lowest BCUT2D eigenvalue weighted by molar-refractivity contribution is 0.756. The van der Waals surface area contributed by atoms with E-state index in [0.29, 0.717) is 5.82 Å². The molecule has 0 radical (unpaired) electrons. The van der Waals surface area contributed by atoms with E-state index in [-0.39, 0.29) is 10.4 Å². The summed E-state index contributed by atoms with van der Waals surface area (Å²) in [5.41, 5.74) is 0. The lowest BCUT2D eigenvalue weighted by atomic mass is 10.3. The Morgan fingerprint density at radius 2 is 2.07 bits per heavy atom. The van der Waals surface area contributed by atoms with E-state index in [1.807, 2.05) is 0 Å². The Morgan fingerprint density at radius 1 is 1.29 bits per heavy atom. The SMILES string of the molecule is Clc1nnc(Cl)c(NCCC2CC2)n1. The fourth-order valence-corrected chi connectivity index (χ4v) is 1.48. The molecule has 1 N–H and O–H groups in total. The molecule has 0 bridgehead atoms. The average molecular weight is 233 g/mol. The van der Waals surface area contributed by atoms with Crippen molar-refractivity contribution in [1.29, 1.82) is 0 Å². The summed E-state index contributed by atoms with van der Waals surface area (Å²) in [7, 11) is 0. The number of aromatic nitrogens is 3. The van der Waals surface area contributed by atoms with Gasteiger partial charge >= 0.3 is 0 Å². The van der Waals surface area contributed by atoms with E-state index in [4.69, 9.17) is 23.2 Å². The lowest BCUT2D eigenvalue weighted by Gasteiger charge is -2.04. The van der Waals surface area contributed by atoms with Crippen molar-refractivity contribution < 1.29 is 0 Å². The first-order valence-corrected chi connectivity index (χ1v) is 5.31. The van der Waals surface area contributed by atoms with Crippen molar-refractivity contribution in [3.63, 3.8) is 0 Å². The Bertz CT molecular complexity index is 327. The second-order valence-corrected chi connectivity index (χ2v) is 4.08. The predicted molar refractivity (Wildman–Crippen MR) is 55.7 cm³/mol. The van der Waals surface area contributed by atoms with Gasteiger partial charge in [0.15, 0.2) is 11.0 Å². The summed E-state index contributed by atoms with van der Waals surface area (Å²) in [5.74, 6) is 1.40. The summed E-state index contributed by atoms with van der Waals surface area (Å²) in [6.45, 7) is 0.861. The lowest BCUT2D eigenvalue weighted by Crippen LogP contribution is -2.06. The summed E-state index contributed by atoms with van der Waals surface area (Å²) < 4.78 is 0. The first kappa shape index (κ1) is 9.93.